The van der Waals surface area contributed by atoms with Gasteiger partial charge in [-0.2, -0.15) is 0 Å². The Hall–Kier alpha value is -2.15. The average molecular weight is 408 g/mol. The number of thioether (sulfide) groups is 1. The van der Waals surface area contributed by atoms with E-state index in [0.29, 0.717) is 0 Å². The molecule has 5 rings (SSSR count). The Kier molecular flexibility index (Phi) is 5.16. The van der Waals surface area contributed by atoms with E-state index >= 15 is 0 Å². The molecular weight excluding hydrogens is 386 g/mol. The van der Waals surface area contributed by atoms with Gasteiger partial charge >= 0.3 is 0 Å². The molecule has 4 aromatic rings. The monoisotopic (exact) mass is 407 g/mol. The van der Waals surface area contributed by atoms with E-state index in [0.717, 1.165) is 47.6 Å². The summed E-state index contributed by atoms with van der Waals surface area (Å²) in [7, 11) is 0. The van der Waals surface area contributed by atoms with E-state index in [1.807, 2.05) is 0 Å². The molecule has 2 aromatic heterocycles. The summed E-state index contributed by atoms with van der Waals surface area (Å²) in [4.78, 5) is 1.16. The van der Waals surface area contributed by atoms with Crippen molar-refractivity contribution >= 4 is 33.9 Å². The number of hydrogen-bond acceptors (Lipinski definition) is 5. The van der Waals surface area contributed by atoms with Gasteiger partial charge in [0.25, 0.3) is 0 Å². The highest BCUT2D eigenvalue weighted by Gasteiger charge is 2.22. The number of hydrogen-bond donors (Lipinski definition) is 0. The summed E-state index contributed by atoms with van der Waals surface area (Å²) in [6, 6.07) is 19.2. The summed E-state index contributed by atoms with van der Waals surface area (Å²) in [5, 5.41) is 14.7. The third kappa shape index (κ3) is 3.60. The van der Waals surface area contributed by atoms with Crippen LogP contribution >= 0.6 is 23.1 Å². The Bertz CT molecular complexity index is 1060. The summed E-state index contributed by atoms with van der Waals surface area (Å²) in [5.74, 6) is 1.82. The second-order valence-electron chi connectivity index (χ2n) is 6.96. The average Bonchev–Trinajstić information content (AvgIpc) is 3.49. The van der Waals surface area contributed by atoms with Crippen molar-refractivity contribution in [1.29, 1.82) is 0 Å². The molecule has 2 aromatic carbocycles. The van der Waals surface area contributed by atoms with Crippen LogP contribution < -0.4 is 0 Å². The first-order chi connectivity index (χ1) is 13.9. The summed E-state index contributed by atoms with van der Waals surface area (Å²) in [6.07, 6.45) is 2.50. The van der Waals surface area contributed by atoms with E-state index in [2.05, 4.69) is 74.7 Å². The number of rotatable bonds is 6. The maximum absolute atomic E-state index is 5.89. The van der Waals surface area contributed by atoms with Crippen LogP contribution in [-0.2, 0) is 17.0 Å². The first-order valence-electron chi connectivity index (χ1n) is 9.56. The smallest absolute Gasteiger partial charge is 0.191 e. The molecule has 28 heavy (non-hydrogen) atoms. The molecule has 1 aliphatic rings. The lowest BCUT2D eigenvalue weighted by atomic mass is 10.1. The molecule has 4 nitrogen and oxygen atoms in total. The minimum absolute atomic E-state index is 0.256. The molecule has 0 amide bonds. The number of benzene rings is 2. The van der Waals surface area contributed by atoms with Crippen LogP contribution in [0.5, 0.6) is 0 Å². The highest BCUT2D eigenvalue weighted by atomic mass is 32.2. The standard InChI is InChI=1S/C22H21N3OS2/c1-2-10-19-16(6-1)7-3-8-17(19)15-28-22-24-23-21(20-11-5-13-27-20)25(22)14-18-9-4-12-26-18/h1-3,5-8,10-11,13,18H,4,9,12,14-15H2. The predicted octanol–water partition coefficient (Wildman–Crippen LogP) is 5.63. The van der Waals surface area contributed by atoms with Gasteiger partial charge in [-0.3, -0.25) is 4.57 Å². The number of fused-ring (bicyclic) bond motifs is 1. The van der Waals surface area contributed by atoms with Crippen LogP contribution in [0.3, 0.4) is 0 Å². The Morgan fingerprint density at radius 2 is 2.00 bits per heavy atom. The summed E-state index contributed by atoms with van der Waals surface area (Å²) < 4.78 is 8.14. The van der Waals surface area contributed by atoms with E-state index in [1.165, 1.54) is 16.3 Å². The Labute approximate surface area is 172 Å². The van der Waals surface area contributed by atoms with Crippen molar-refractivity contribution in [2.24, 2.45) is 0 Å². The second-order valence-corrected chi connectivity index (χ2v) is 8.85. The number of aromatic nitrogens is 3. The quantitative estimate of drug-likeness (QED) is 0.388. The lowest BCUT2D eigenvalue weighted by molar-refractivity contribution is 0.0953. The van der Waals surface area contributed by atoms with Gasteiger partial charge in [0, 0.05) is 12.4 Å². The van der Waals surface area contributed by atoms with Crippen molar-refractivity contribution in [1.82, 2.24) is 14.8 Å². The molecule has 0 bridgehead atoms. The largest absolute Gasteiger partial charge is 0.376 e. The molecule has 1 atom stereocenters. The Morgan fingerprint density at radius 1 is 1.07 bits per heavy atom. The van der Waals surface area contributed by atoms with Crippen molar-refractivity contribution in [3.05, 3.63) is 65.5 Å². The van der Waals surface area contributed by atoms with Gasteiger partial charge in [-0.1, -0.05) is 60.3 Å². The van der Waals surface area contributed by atoms with Crippen molar-refractivity contribution in [2.45, 2.75) is 36.4 Å². The molecule has 0 N–H and O–H groups in total. The highest BCUT2D eigenvalue weighted by Crippen LogP contribution is 2.31. The van der Waals surface area contributed by atoms with Crippen LogP contribution in [0.2, 0.25) is 0 Å². The molecule has 1 saturated heterocycles. The molecule has 3 heterocycles. The van der Waals surface area contributed by atoms with Crippen LogP contribution in [0.1, 0.15) is 18.4 Å². The highest BCUT2D eigenvalue weighted by molar-refractivity contribution is 7.98. The van der Waals surface area contributed by atoms with E-state index < -0.39 is 0 Å². The first kappa shape index (κ1) is 17.9. The molecule has 0 spiro atoms. The number of nitrogens with zero attached hydrogens (tertiary/aromatic N) is 3. The van der Waals surface area contributed by atoms with Crippen LogP contribution in [0.25, 0.3) is 21.5 Å². The first-order valence-corrected chi connectivity index (χ1v) is 11.4. The minimum atomic E-state index is 0.256. The molecule has 1 unspecified atom stereocenters. The van der Waals surface area contributed by atoms with E-state index in [9.17, 15) is 0 Å². The molecule has 1 fully saturated rings. The maximum Gasteiger partial charge on any atom is 0.191 e. The fourth-order valence-electron chi connectivity index (χ4n) is 3.70. The van der Waals surface area contributed by atoms with Crippen molar-refractivity contribution in [3.8, 4) is 10.7 Å². The molecule has 1 aliphatic heterocycles. The van der Waals surface area contributed by atoms with Crippen LogP contribution in [-0.4, -0.2) is 27.5 Å². The molecule has 0 aliphatic carbocycles. The summed E-state index contributed by atoms with van der Waals surface area (Å²) in [6.45, 7) is 1.68. The fraction of sp³-hybridized carbons (Fsp3) is 0.273. The van der Waals surface area contributed by atoms with Gasteiger partial charge in [0.15, 0.2) is 11.0 Å². The fourth-order valence-corrected chi connectivity index (χ4v) is 5.37. The third-order valence-electron chi connectivity index (χ3n) is 5.11. The molecule has 142 valence electrons. The topological polar surface area (TPSA) is 39.9 Å². The van der Waals surface area contributed by atoms with Crippen molar-refractivity contribution in [2.75, 3.05) is 6.61 Å². The van der Waals surface area contributed by atoms with Gasteiger partial charge in [-0.25, -0.2) is 0 Å². The van der Waals surface area contributed by atoms with E-state index in [1.54, 1.807) is 23.1 Å². The normalized spacial score (nSPS) is 16.8. The number of thiophene rings is 1. The van der Waals surface area contributed by atoms with Crippen molar-refractivity contribution < 1.29 is 4.74 Å². The number of ether oxygens (including phenoxy) is 1. The van der Waals surface area contributed by atoms with Gasteiger partial charge in [0.2, 0.25) is 0 Å². The van der Waals surface area contributed by atoms with Crippen LogP contribution in [0.15, 0.2) is 65.1 Å². The van der Waals surface area contributed by atoms with E-state index in [4.69, 9.17) is 4.74 Å². The van der Waals surface area contributed by atoms with Gasteiger partial charge in [0.05, 0.1) is 17.5 Å². The summed E-state index contributed by atoms with van der Waals surface area (Å²) in [5.41, 5.74) is 1.33. The molecule has 0 radical (unpaired) electrons. The zero-order chi connectivity index (χ0) is 18.8. The van der Waals surface area contributed by atoms with Gasteiger partial charge in [-0.15, -0.1) is 21.5 Å². The lowest BCUT2D eigenvalue weighted by Gasteiger charge is -2.14. The molecular formula is C22H21N3OS2. The van der Waals surface area contributed by atoms with Crippen LogP contribution in [0.4, 0.5) is 0 Å². The third-order valence-corrected chi connectivity index (χ3v) is 6.99. The predicted molar refractivity (Wildman–Crippen MR) is 116 cm³/mol. The van der Waals surface area contributed by atoms with Crippen LogP contribution in [0, 0.1) is 0 Å². The molecule has 6 heteroatoms. The SMILES string of the molecule is c1csc(-c2nnc(SCc3cccc4ccccc34)n2CC2CCCO2)c1. The van der Waals surface area contributed by atoms with E-state index in [-0.39, 0.29) is 6.10 Å². The Balaban J connectivity index is 1.44. The minimum Gasteiger partial charge on any atom is -0.376 e. The second kappa shape index (κ2) is 8.07. The molecule has 0 saturated carbocycles. The van der Waals surface area contributed by atoms with Crippen molar-refractivity contribution in [3.63, 3.8) is 0 Å². The Morgan fingerprint density at radius 3 is 2.86 bits per heavy atom. The van der Waals surface area contributed by atoms with Gasteiger partial charge in [0.1, 0.15) is 0 Å². The van der Waals surface area contributed by atoms with Gasteiger partial charge in [-0.05, 0) is 40.6 Å². The zero-order valence-electron chi connectivity index (χ0n) is 15.5. The summed E-state index contributed by atoms with van der Waals surface area (Å²) >= 11 is 3.46. The maximum atomic E-state index is 5.89. The lowest BCUT2D eigenvalue weighted by Crippen LogP contribution is -2.16. The van der Waals surface area contributed by atoms with Gasteiger partial charge < -0.3 is 4.74 Å². The zero-order valence-corrected chi connectivity index (χ0v) is 17.1.